The molecule has 0 radical (unpaired) electrons. The minimum Gasteiger partial charge on any atom is -0.310 e. The Morgan fingerprint density at radius 1 is 0.339 bits per heavy atom. The lowest BCUT2D eigenvalue weighted by Crippen LogP contribution is -2.26. The maximum absolute atomic E-state index is 2.42. The van der Waals surface area contributed by atoms with Crippen molar-refractivity contribution in [2.75, 3.05) is 4.90 Å². The summed E-state index contributed by atoms with van der Waals surface area (Å²) in [6.07, 6.45) is 0. The van der Waals surface area contributed by atoms with Gasteiger partial charge in [-0.15, -0.1) is 0 Å². The second-order valence-electron chi connectivity index (χ2n) is 16.6. The van der Waals surface area contributed by atoms with Crippen LogP contribution in [-0.4, -0.2) is 0 Å². The SMILES string of the molecule is Cc1c(C)c(C)c(-c2ccc(N(c3ccc(-c4ccccc4)cc3)c3ccc4c5c(ccc4c3)-c3ccccc3C53c4ccccc4-c4ccccc43)cc2)c(C)c1C. The van der Waals surface area contributed by atoms with E-state index in [1.54, 1.807) is 0 Å². The Morgan fingerprint density at radius 2 is 0.780 bits per heavy atom. The van der Waals surface area contributed by atoms with Crippen LogP contribution in [0, 0.1) is 34.6 Å². The Bertz CT molecular complexity index is 3040. The van der Waals surface area contributed by atoms with E-state index in [0.29, 0.717) is 0 Å². The van der Waals surface area contributed by atoms with Crippen molar-refractivity contribution in [3.8, 4) is 44.5 Å². The predicted octanol–water partition coefficient (Wildman–Crippen LogP) is 15.5. The molecule has 0 atom stereocenters. The van der Waals surface area contributed by atoms with Gasteiger partial charge in [-0.05, 0) is 176 Å². The highest BCUT2D eigenvalue weighted by Crippen LogP contribution is 2.64. The van der Waals surface area contributed by atoms with Crippen molar-refractivity contribution in [3.05, 3.63) is 232 Å². The van der Waals surface area contributed by atoms with Crippen molar-refractivity contribution in [1.29, 1.82) is 0 Å². The summed E-state index contributed by atoms with van der Waals surface area (Å²) in [4.78, 5) is 2.42. The number of hydrogen-bond donors (Lipinski definition) is 0. The molecule has 1 spiro atoms. The highest BCUT2D eigenvalue weighted by Gasteiger charge is 2.52. The first-order valence-corrected chi connectivity index (χ1v) is 20.9. The maximum atomic E-state index is 2.42. The van der Waals surface area contributed by atoms with Gasteiger partial charge in [0.15, 0.2) is 0 Å². The lowest BCUT2D eigenvalue weighted by Gasteiger charge is -2.32. The van der Waals surface area contributed by atoms with Crippen LogP contribution in [0.15, 0.2) is 182 Å². The minimum atomic E-state index is -0.397. The number of hydrogen-bond acceptors (Lipinski definition) is 1. The highest BCUT2D eigenvalue weighted by molar-refractivity contribution is 6.05. The van der Waals surface area contributed by atoms with Crippen LogP contribution in [0.25, 0.3) is 55.3 Å². The fraction of sp³-hybridized carbons (Fsp3) is 0.103. The molecule has 1 nitrogen and oxygen atoms in total. The Balaban J connectivity index is 1.10. The number of anilines is 3. The number of fused-ring (bicyclic) bond motifs is 12. The second-order valence-corrected chi connectivity index (χ2v) is 16.6. The van der Waals surface area contributed by atoms with Crippen molar-refractivity contribution in [2.24, 2.45) is 0 Å². The zero-order valence-electron chi connectivity index (χ0n) is 34.3. The molecule has 0 aliphatic heterocycles. The largest absolute Gasteiger partial charge is 0.310 e. The summed E-state index contributed by atoms with van der Waals surface area (Å²) >= 11 is 0. The van der Waals surface area contributed by atoms with Crippen molar-refractivity contribution in [1.82, 2.24) is 0 Å². The van der Waals surface area contributed by atoms with Crippen LogP contribution in [0.1, 0.15) is 50.1 Å². The molecule has 0 unspecified atom stereocenters. The fourth-order valence-electron chi connectivity index (χ4n) is 10.6. The molecular formula is C58H45N. The topological polar surface area (TPSA) is 3.24 Å². The molecule has 59 heavy (non-hydrogen) atoms. The van der Waals surface area contributed by atoms with Gasteiger partial charge in [0, 0.05) is 17.1 Å². The molecule has 11 rings (SSSR count). The minimum absolute atomic E-state index is 0.397. The van der Waals surface area contributed by atoms with Crippen LogP contribution in [0.5, 0.6) is 0 Å². The molecule has 0 saturated carbocycles. The third-order valence-electron chi connectivity index (χ3n) is 13.9. The van der Waals surface area contributed by atoms with Crippen molar-refractivity contribution in [3.63, 3.8) is 0 Å². The number of benzene rings is 9. The molecule has 2 aliphatic rings. The van der Waals surface area contributed by atoms with E-state index in [1.165, 1.54) is 105 Å². The normalized spacial score (nSPS) is 13.0. The van der Waals surface area contributed by atoms with E-state index in [-0.39, 0.29) is 0 Å². The maximum Gasteiger partial charge on any atom is 0.0731 e. The van der Waals surface area contributed by atoms with Gasteiger partial charge in [-0.3, -0.25) is 0 Å². The van der Waals surface area contributed by atoms with Gasteiger partial charge in [-0.1, -0.05) is 146 Å². The first-order chi connectivity index (χ1) is 28.9. The van der Waals surface area contributed by atoms with Crippen LogP contribution in [0.4, 0.5) is 17.1 Å². The highest BCUT2D eigenvalue weighted by atomic mass is 15.1. The molecule has 0 bridgehead atoms. The van der Waals surface area contributed by atoms with Gasteiger partial charge in [0.1, 0.15) is 0 Å². The lowest BCUT2D eigenvalue weighted by atomic mass is 9.69. The smallest absolute Gasteiger partial charge is 0.0731 e. The molecule has 0 saturated heterocycles. The first-order valence-electron chi connectivity index (χ1n) is 20.9. The summed E-state index contributed by atoms with van der Waals surface area (Å²) in [7, 11) is 0. The molecule has 0 aromatic heterocycles. The van der Waals surface area contributed by atoms with Crippen molar-refractivity contribution in [2.45, 2.75) is 40.0 Å². The van der Waals surface area contributed by atoms with Crippen LogP contribution in [0.2, 0.25) is 0 Å². The average Bonchev–Trinajstić information content (AvgIpc) is 3.76. The van der Waals surface area contributed by atoms with Crippen LogP contribution < -0.4 is 4.90 Å². The Kier molecular flexibility index (Phi) is 7.94. The zero-order chi connectivity index (χ0) is 40.0. The molecule has 9 aromatic carbocycles. The van der Waals surface area contributed by atoms with Crippen molar-refractivity contribution < 1.29 is 0 Å². The predicted molar refractivity (Wildman–Crippen MR) is 249 cm³/mol. The summed E-state index contributed by atoms with van der Waals surface area (Å²) in [5.41, 5.74) is 25.7. The van der Waals surface area contributed by atoms with Gasteiger partial charge < -0.3 is 4.90 Å². The number of rotatable bonds is 5. The molecule has 2 aliphatic carbocycles. The summed E-state index contributed by atoms with van der Waals surface area (Å²) < 4.78 is 0. The molecule has 1 heteroatoms. The van der Waals surface area contributed by atoms with E-state index < -0.39 is 5.41 Å². The fourth-order valence-corrected chi connectivity index (χ4v) is 10.6. The zero-order valence-corrected chi connectivity index (χ0v) is 34.3. The molecule has 0 heterocycles. The third-order valence-corrected chi connectivity index (χ3v) is 13.9. The summed E-state index contributed by atoms with van der Waals surface area (Å²) in [5, 5.41) is 2.52. The van der Waals surface area contributed by atoms with Gasteiger partial charge in [-0.2, -0.15) is 0 Å². The molecular weight excluding hydrogens is 711 g/mol. The van der Waals surface area contributed by atoms with E-state index in [2.05, 4.69) is 222 Å². The van der Waals surface area contributed by atoms with Crippen LogP contribution in [0.3, 0.4) is 0 Å². The third kappa shape index (κ3) is 5.04. The van der Waals surface area contributed by atoms with E-state index >= 15 is 0 Å². The van der Waals surface area contributed by atoms with E-state index in [9.17, 15) is 0 Å². The van der Waals surface area contributed by atoms with Crippen LogP contribution in [-0.2, 0) is 5.41 Å². The lowest BCUT2D eigenvalue weighted by molar-refractivity contribution is 0.801. The first kappa shape index (κ1) is 35.2. The molecule has 9 aromatic rings. The molecule has 0 N–H and O–H groups in total. The van der Waals surface area contributed by atoms with Crippen LogP contribution >= 0.6 is 0 Å². The Hall–Kier alpha value is -6.96. The standard InChI is InChI=1S/C58H45N/c1-36-37(2)39(4)56(40(5)38(36)3)43-25-30-46(31-26-43)59(45-28-23-42(24-29-45)41-15-7-6-8-16-41)47-32-34-48-44(35-47)27-33-52-51-19-11-14-22-55(51)58(57(48)52)53-20-12-9-17-49(53)50-18-10-13-21-54(50)58/h6-35H,1-5H3. The van der Waals surface area contributed by atoms with Gasteiger partial charge in [0.05, 0.1) is 5.41 Å². The summed E-state index contributed by atoms with van der Waals surface area (Å²) in [6, 6.07) is 68.0. The van der Waals surface area contributed by atoms with Gasteiger partial charge in [0.2, 0.25) is 0 Å². The Morgan fingerprint density at radius 3 is 1.34 bits per heavy atom. The quantitative estimate of drug-likeness (QED) is 0.169. The van der Waals surface area contributed by atoms with Crippen molar-refractivity contribution >= 4 is 27.8 Å². The van der Waals surface area contributed by atoms with E-state index in [0.717, 1.165) is 17.1 Å². The molecule has 0 amide bonds. The summed E-state index contributed by atoms with van der Waals surface area (Å²) in [6.45, 7) is 11.3. The molecule has 0 fully saturated rings. The summed E-state index contributed by atoms with van der Waals surface area (Å²) in [5.74, 6) is 0. The monoisotopic (exact) mass is 755 g/mol. The van der Waals surface area contributed by atoms with E-state index in [4.69, 9.17) is 0 Å². The average molecular weight is 756 g/mol. The second kappa shape index (κ2) is 13.3. The van der Waals surface area contributed by atoms with E-state index in [1.807, 2.05) is 0 Å². The van der Waals surface area contributed by atoms with Gasteiger partial charge in [-0.25, -0.2) is 0 Å². The Labute approximate surface area is 347 Å². The number of nitrogens with zero attached hydrogens (tertiary/aromatic N) is 1. The van der Waals surface area contributed by atoms with Gasteiger partial charge >= 0.3 is 0 Å². The molecule has 282 valence electrons. The van der Waals surface area contributed by atoms with Gasteiger partial charge in [0.25, 0.3) is 0 Å².